The van der Waals surface area contributed by atoms with E-state index in [1.165, 1.54) is 0 Å². The van der Waals surface area contributed by atoms with Crippen LogP contribution in [0.4, 0.5) is 0 Å². The predicted molar refractivity (Wildman–Crippen MR) is 72.7 cm³/mol. The van der Waals surface area contributed by atoms with Crippen LogP contribution in [0.1, 0.15) is 40.0 Å². The highest BCUT2D eigenvalue weighted by atomic mass is 31.0. The summed E-state index contributed by atoms with van der Waals surface area (Å²) in [6, 6.07) is 0. The van der Waals surface area contributed by atoms with Crippen molar-refractivity contribution in [2.45, 2.75) is 46.1 Å². The van der Waals surface area contributed by atoms with Gasteiger partial charge in [-0.2, -0.15) is 0 Å². The Labute approximate surface area is 98.8 Å². The molecule has 0 radical (unpaired) electrons. The molecule has 0 bridgehead atoms. The molecule has 0 N–H and O–H groups in total. The Balaban J connectivity index is 4.00. The molecule has 0 aromatic carbocycles. The molecule has 0 saturated heterocycles. The van der Waals surface area contributed by atoms with E-state index in [-0.39, 0.29) is 11.5 Å². The Morgan fingerprint density at radius 2 is 1.93 bits per heavy atom. The number of hydrogen-bond donors (Lipinski definition) is 0. The third-order valence-electron chi connectivity index (χ3n) is 2.57. The summed E-state index contributed by atoms with van der Waals surface area (Å²) in [5.41, 5.74) is 0.0956. The fourth-order valence-electron chi connectivity index (χ4n) is 1.67. The van der Waals surface area contributed by atoms with Crippen LogP contribution in [0.2, 0.25) is 0 Å². The molecule has 2 nitrogen and oxygen atoms in total. The summed E-state index contributed by atoms with van der Waals surface area (Å²) < 4.78 is 10.4. The van der Waals surface area contributed by atoms with Crippen molar-refractivity contribution in [3.8, 4) is 0 Å². The van der Waals surface area contributed by atoms with Crippen molar-refractivity contribution in [2.24, 2.45) is 5.41 Å². The maximum Gasteiger partial charge on any atom is 0.0696 e. The molecule has 0 amide bonds. The van der Waals surface area contributed by atoms with Crippen LogP contribution in [-0.2, 0) is 9.05 Å². The summed E-state index contributed by atoms with van der Waals surface area (Å²) in [6.07, 6.45) is 7.82. The van der Waals surface area contributed by atoms with Gasteiger partial charge in [0, 0.05) is 24.3 Å². The van der Waals surface area contributed by atoms with Crippen molar-refractivity contribution < 1.29 is 9.05 Å². The minimum atomic E-state index is 0.0956. The van der Waals surface area contributed by atoms with Gasteiger partial charge >= 0.3 is 0 Å². The minimum absolute atomic E-state index is 0.0956. The van der Waals surface area contributed by atoms with Gasteiger partial charge < -0.3 is 9.05 Å². The standard InChI is InChI=1S/C11H24O2P2/c1-4-8-11(2,3)10(13-15)7-5-6-9-12-14/h4,8,10H,5-7,9,14-15H2,1-3H3/b8-4+. The highest BCUT2D eigenvalue weighted by molar-refractivity contribution is 7.10. The monoisotopic (exact) mass is 250 g/mol. The molecule has 0 spiro atoms. The first kappa shape index (κ1) is 15.5. The van der Waals surface area contributed by atoms with Crippen LogP contribution in [0.5, 0.6) is 0 Å². The van der Waals surface area contributed by atoms with Crippen LogP contribution in [-0.4, -0.2) is 12.7 Å². The molecule has 15 heavy (non-hydrogen) atoms. The van der Waals surface area contributed by atoms with Gasteiger partial charge in [0.2, 0.25) is 0 Å². The third-order valence-corrected chi connectivity index (χ3v) is 3.13. The Morgan fingerprint density at radius 3 is 2.40 bits per heavy atom. The van der Waals surface area contributed by atoms with E-state index in [0.29, 0.717) is 0 Å². The van der Waals surface area contributed by atoms with Crippen LogP contribution in [0.25, 0.3) is 0 Å². The van der Waals surface area contributed by atoms with Crippen molar-refractivity contribution in [2.75, 3.05) is 6.61 Å². The van der Waals surface area contributed by atoms with Gasteiger partial charge in [0.15, 0.2) is 0 Å². The number of unbranched alkanes of at least 4 members (excludes halogenated alkanes) is 1. The van der Waals surface area contributed by atoms with Gasteiger partial charge in [0.1, 0.15) is 0 Å². The molecule has 0 aliphatic carbocycles. The quantitative estimate of drug-likeness (QED) is 0.371. The SMILES string of the molecule is C/C=C/C(C)(C)C(CCCCOP)OP. The van der Waals surface area contributed by atoms with E-state index in [1.807, 2.05) is 6.92 Å². The van der Waals surface area contributed by atoms with Gasteiger partial charge in [-0.25, -0.2) is 0 Å². The van der Waals surface area contributed by atoms with Crippen molar-refractivity contribution >= 4 is 18.9 Å². The van der Waals surface area contributed by atoms with Crippen LogP contribution in [0.3, 0.4) is 0 Å². The molecule has 0 fully saturated rings. The first-order valence-corrected chi connectivity index (χ1v) is 6.33. The zero-order valence-electron chi connectivity index (χ0n) is 10.0. The third kappa shape index (κ3) is 6.64. The molecule has 0 heterocycles. The second-order valence-electron chi connectivity index (χ2n) is 4.31. The molecule has 0 saturated carbocycles. The second kappa shape index (κ2) is 8.65. The summed E-state index contributed by atoms with van der Waals surface area (Å²) in [5, 5.41) is 0. The largest absolute Gasteiger partial charge is 0.366 e. The molecule has 0 rings (SSSR count). The molecule has 0 aliphatic heterocycles. The Bertz CT molecular complexity index is 181. The molecular weight excluding hydrogens is 226 g/mol. The Morgan fingerprint density at radius 1 is 1.27 bits per heavy atom. The van der Waals surface area contributed by atoms with Gasteiger partial charge in [0.25, 0.3) is 0 Å². The van der Waals surface area contributed by atoms with Crippen LogP contribution in [0.15, 0.2) is 12.2 Å². The Hall–Kier alpha value is 0.520. The lowest BCUT2D eigenvalue weighted by molar-refractivity contribution is 0.116. The molecule has 4 heteroatoms. The van der Waals surface area contributed by atoms with Crippen LogP contribution < -0.4 is 0 Å². The van der Waals surface area contributed by atoms with Crippen molar-refractivity contribution in [3.63, 3.8) is 0 Å². The van der Waals surface area contributed by atoms with Crippen LogP contribution in [0, 0.1) is 5.41 Å². The summed E-state index contributed by atoms with van der Waals surface area (Å²) >= 11 is 0. The summed E-state index contributed by atoms with van der Waals surface area (Å²) in [4.78, 5) is 0. The molecule has 3 unspecified atom stereocenters. The zero-order valence-corrected chi connectivity index (χ0v) is 12.3. The van der Waals surface area contributed by atoms with Gasteiger partial charge in [-0.1, -0.05) is 26.0 Å². The van der Waals surface area contributed by atoms with Crippen molar-refractivity contribution in [1.29, 1.82) is 0 Å². The van der Waals surface area contributed by atoms with E-state index in [9.17, 15) is 0 Å². The van der Waals surface area contributed by atoms with Gasteiger partial charge in [-0.15, -0.1) is 0 Å². The van der Waals surface area contributed by atoms with Gasteiger partial charge in [-0.3, -0.25) is 0 Å². The van der Waals surface area contributed by atoms with Crippen molar-refractivity contribution in [3.05, 3.63) is 12.2 Å². The highest BCUT2D eigenvalue weighted by Crippen LogP contribution is 2.30. The maximum absolute atomic E-state index is 5.47. The first-order valence-electron chi connectivity index (χ1n) is 5.39. The normalized spacial score (nSPS) is 14.7. The van der Waals surface area contributed by atoms with Gasteiger partial charge in [0.05, 0.1) is 12.7 Å². The second-order valence-corrected chi connectivity index (χ2v) is 4.92. The van der Waals surface area contributed by atoms with E-state index in [1.54, 1.807) is 0 Å². The minimum Gasteiger partial charge on any atom is -0.366 e. The average molecular weight is 250 g/mol. The number of hydrogen-bond acceptors (Lipinski definition) is 2. The molecule has 0 aromatic heterocycles. The molecular formula is C11H24O2P2. The van der Waals surface area contributed by atoms with E-state index >= 15 is 0 Å². The fraction of sp³-hybridized carbons (Fsp3) is 0.818. The highest BCUT2D eigenvalue weighted by Gasteiger charge is 2.26. The van der Waals surface area contributed by atoms with E-state index in [0.717, 1.165) is 25.9 Å². The summed E-state index contributed by atoms with van der Waals surface area (Å²) in [6.45, 7) is 7.25. The molecule has 90 valence electrons. The topological polar surface area (TPSA) is 18.5 Å². The lowest BCUT2D eigenvalue weighted by atomic mass is 9.83. The smallest absolute Gasteiger partial charge is 0.0696 e. The maximum atomic E-state index is 5.47. The van der Waals surface area contributed by atoms with E-state index in [2.05, 4.69) is 44.9 Å². The lowest BCUT2D eigenvalue weighted by Crippen LogP contribution is -2.27. The number of rotatable bonds is 8. The Kier molecular flexibility index (Phi) is 8.95. The van der Waals surface area contributed by atoms with E-state index in [4.69, 9.17) is 9.05 Å². The molecule has 3 atom stereocenters. The lowest BCUT2D eigenvalue weighted by Gasteiger charge is -2.30. The van der Waals surface area contributed by atoms with Crippen LogP contribution >= 0.6 is 18.9 Å². The fourth-order valence-corrected chi connectivity index (χ4v) is 2.32. The van der Waals surface area contributed by atoms with Gasteiger partial charge in [-0.05, 0) is 26.2 Å². The summed E-state index contributed by atoms with van der Waals surface area (Å²) in [7, 11) is 4.66. The average Bonchev–Trinajstić information content (AvgIpc) is 2.17. The van der Waals surface area contributed by atoms with E-state index < -0.39 is 0 Å². The summed E-state index contributed by atoms with van der Waals surface area (Å²) in [5.74, 6) is 0. The molecule has 0 aliphatic rings. The predicted octanol–water partition coefficient (Wildman–Crippen LogP) is 3.74. The zero-order chi connectivity index (χ0) is 11.7. The van der Waals surface area contributed by atoms with Crippen molar-refractivity contribution in [1.82, 2.24) is 0 Å². The number of allylic oxidation sites excluding steroid dienone is 1. The first-order chi connectivity index (χ1) is 7.08. The molecule has 0 aromatic rings.